The SMILES string of the molecule is Cc1ccccc1-c1noc(C[C@H]2CCCN(C(=O)c3ccno3)C2)n1. The van der Waals surface area contributed by atoms with E-state index in [0.717, 1.165) is 30.5 Å². The van der Waals surface area contributed by atoms with Crippen LogP contribution in [-0.2, 0) is 6.42 Å². The van der Waals surface area contributed by atoms with Crippen molar-refractivity contribution in [1.29, 1.82) is 0 Å². The van der Waals surface area contributed by atoms with Crippen LogP contribution in [0.15, 0.2) is 45.6 Å². The fraction of sp³-hybridized carbons (Fsp3) is 0.368. The molecule has 1 saturated heterocycles. The van der Waals surface area contributed by atoms with Crippen LogP contribution < -0.4 is 0 Å². The van der Waals surface area contributed by atoms with E-state index >= 15 is 0 Å². The number of piperidine rings is 1. The van der Waals surface area contributed by atoms with Crippen molar-refractivity contribution < 1.29 is 13.8 Å². The van der Waals surface area contributed by atoms with Crippen molar-refractivity contribution in [2.45, 2.75) is 26.2 Å². The molecule has 4 rings (SSSR count). The van der Waals surface area contributed by atoms with E-state index in [1.54, 1.807) is 6.07 Å². The second-order valence-corrected chi connectivity index (χ2v) is 6.67. The van der Waals surface area contributed by atoms with Gasteiger partial charge in [-0.25, -0.2) is 0 Å². The summed E-state index contributed by atoms with van der Waals surface area (Å²) in [5.74, 6) is 1.69. The van der Waals surface area contributed by atoms with Gasteiger partial charge < -0.3 is 13.9 Å². The maximum Gasteiger partial charge on any atom is 0.292 e. The highest BCUT2D eigenvalue weighted by molar-refractivity contribution is 5.91. The molecule has 1 fully saturated rings. The summed E-state index contributed by atoms with van der Waals surface area (Å²) in [6.45, 7) is 3.41. The lowest BCUT2D eigenvalue weighted by molar-refractivity contribution is 0.0626. The van der Waals surface area contributed by atoms with Crippen LogP contribution >= 0.6 is 0 Å². The molecule has 0 radical (unpaired) electrons. The van der Waals surface area contributed by atoms with Crippen molar-refractivity contribution in [1.82, 2.24) is 20.2 Å². The van der Waals surface area contributed by atoms with Crippen LogP contribution in [0.2, 0.25) is 0 Å². The first-order chi connectivity index (χ1) is 12.7. The van der Waals surface area contributed by atoms with Crippen molar-refractivity contribution in [2.75, 3.05) is 13.1 Å². The zero-order valence-corrected chi connectivity index (χ0v) is 14.6. The smallest absolute Gasteiger partial charge is 0.292 e. The Balaban J connectivity index is 1.43. The maximum atomic E-state index is 12.4. The third-order valence-corrected chi connectivity index (χ3v) is 4.77. The number of hydrogen-bond donors (Lipinski definition) is 0. The minimum atomic E-state index is -0.113. The number of aryl methyl sites for hydroxylation is 1. The molecule has 7 nitrogen and oxygen atoms in total. The van der Waals surface area contributed by atoms with Crippen LogP contribution in [0.5, 0.6) is 0 Å². The van der Waals surface area contributed by atoms with Gasteiger partial charge in [0.25, 0.3) is 5.91 Å². The first-order valence-corrected chi connectivity index (χ1v) is 8.79. The second-order valence-electron chi connectivity index (χ2n) is 6.67. The largest absolute Gasteiger partial charge is 0.351 e. The highest BCUT2D eigenvalue weighted by Gasteiger charge is 2.27. The van der Waals surface area contributed by atoms with Gasteiger partial charge in [-0.05, 0) is 31.2 Å². The second kappa shape index (κ2) is 7.11. The van der Waals surface area contributed by atoms with Gasteiger partial charge in [0.05, 0.1) is 6.20 Å². The first-order valence-electron chi connectivity index (χ1n) is 8.79. The molecule has 3 aromatic rings. The Labute approximate surface area is 151 Å². The molecule has 1 aliphatic heterocycles. The summed E-state index contributed by atoms with van der Waals surface area (Å²) in [5.41, 5.74) is 2.09. The van der Waals surface area contributed by atoms with E-state index in [1.807, 2.05) is 36.1 Å². The van der Waals surface area contributed by atoms with Crippen molar-refractivity contribution in [3.63, 3.8) is 0 Å². The van der Waals surface area contributed by atoms with Gasteiger partial charge in [0.15, 0.2) is 0 Å². The Morgan fingerprint density at radius 1 is 1.27 bits per heavy atom. The van der Waals surface area contributed by atoms with Crippen molar-refractivity contribution >= 4 is 5.91 Å². The standard InChI is InChI=1S/C19H20N4O3/c1-13-5-2-3-7-15(13)18-21-17(26-22-18)11-14-6-4-10-23(12-14)19(24)16-8-9-20-25-16/h2-3,5,7-9,14H,4,6,10-12H2,1H3/t14-/m1/s1. The molecule has 1 atom stereocenters. The number of carbonyl (C=O) groups excluding carboxylic acids is 1. The molecule has 7 heteroatoms. The van der Waals surface area contributed by atoms with E-state index in [1.165, 1.54) is 6.20 Å². The molecule has 2 aromatic heterocycles. The van der Waals surface area contributed by atoms with Crippen LogP contribution in [0, 0.1) is 12.8 Å². The predicted molar refractivity (Wildman–Crippen MR) is 93.3 cm³/mol. The van der Waals surface area contributed by atoms with Gasteiger partial charge in [-0.1, -0.05) is 34.6 Å². The summed E-state index contributed by atoms with van der Waals surface area (Å²) in [6.07, 6.45) is 4.13. The number of likely N-dealkylation sites (tertiary alicyclic amines) is 1. The topological polar surface area (TPSA) is 85.3 Å². The molecular formula is C19H20N4O3. The average molecular weight is 352 g/mol. The van der Waals surface area contributed by atoms with Crippen LogP contribution in [0.4, 0.5) is 0 Å². The average Bonchev–Trinajstić information content (AvgIpc) is 3.34. The van der Waals surface area contributed by atoms with Crippen molar-refractivity contribution in [2.24, 2.45) is 5.92 Å². The molecule has 1 aliphatic rings. The molecule has 1 amide bonds. The number of hydrogen-bond acceptors (Lipinski definition) is 6. The lowest BCUT2D eigenvalue weighted by Crippen LogP contribution is -2.40. The fourth-order valence-corrected chi connectivity index (χ4v) is 3.42. The molecule has 1 aromatic carbocycles. The van der Waals surface area contributed by atoms with E-state index in [9.17, 15) is 4.79 Å². The first kappa shape index (κ1) is 16.5. The van der Waals surface area contributed by atoms with Gasteiger partial charge >= 0.3 is 0 Å². The Hall–Kier alpha value is -2.96. The van der Waals surface area contributed by atoms with Crippen LogP contribution in [0.1, 0.15) is 34.9 Å². The Morgan fingerprint density at radius 2 is 2.15 bits per heavy atom. The van der Waals surface area contributed by atoms with Gasteiger partial charge in [0, 0.05) is 31.1 Å². The summed E-state index contributed by atoms with van der Waals surface area (Å²) in [6, 6.07) is 9.56. The number of carbonyl (C=O) groups is 1. The monoisotopic (exact) mass is 352 g/mol. The summed E-state index contributed by atoms with van der Waals surface area (Å²) in [7, 11) is 0. The molecule has 134 valence electrons. The summed E-state index contributed by atoms with van der Waals surface area (Å²) < 4.78 is 10.4. The van der Waals surface area contributed by atoms with E-state index < -0.39 is 0 Å². The summed E-state index contributed by atoms with van der Waals surface area (Å²) >= 11 is 0. The Morgan fingerprint density at radius 3 is 2.96 bits per heavy atom. The van der Waals surface area contributed by atoms with Gasteiger partial charge in [-0.3, -0.25) is 4.79 Å². The lowest BCUT2D eigenvalue weighted by atomic mass is 9.94. The lowest BCUT2D eigenvalue weighted by Gasteiger charge is -2.31. The minimum Gasteiger partial charge on any atom is -0.351 e. The third kappa shape index (κ3) is 3.37. The molecular weight excluding hydrogens is 332 g/mol. The predicted octanol–water partition coefficient (Wildman–Crippen LogP) is 3.13. The van der Waals surface area contributed by atoms with Crippen LogP contribution in [0.25, 0.3) is 11.4 Å². The molecule has 26 heavy (non-hydrogen) atoms. The summed E-state index contributed by atoms with van der Waals surface area (Å²) in [5, 5.41) is 7.73. The van der Waals surface area contributed by atoms with Gasteiger partial charge in [-0.15, -0.1) is 0 Å². The van der Waals surface area contributed by atoms with E-state index in [0.29, 0.717) is 30.6 Å². The molecule has 3 heterocycles. The maximum absolute atomic E-state index is 12.4. The minimum absolute atomic E-state index is 0.113. The van der Waals surface area contributed by atoms with Gasteiger partial charge in [0.1, 0.15) is 0 Å². The fourth-order valence-electron chi connectivity index (χ4n) is 3.42. The highest BCUT2D eigenvalue weighted by atomic mass is 16.5. The number of benzene rings is 1. The van der Waals surface area contributed by atoms with Gasteiger partial charge in [0.2, 0.25) is 17.5 Å². The molecule has 0 N–H and O–H groups in total. The molecule has 0 unspecified atom stereocenters. The van der Waals surface area contributed by atoms with E-state index in [-0.39, 0.29) is 11.7 Å². The normalized spacial score (nSPS) is 17.4. The quantitative estimate of drug-likeness (QED) is 0.717. The van der Waals surface area contributed by atoms with E-state index in [4.69, 9.17) is 9.05 Å². The van der Waals surface area contributed by atoms with Crippen molar-refractivity contribution in [3.05, 3.63) is 53.7 Å². The Bertz CT molecular complexity index is 888. The van der Waals surface area contributed by atoms with E-state index in [2.05, 4.69) is 15.3 Å². The van der Waals surface area contributed by atoms with Crippen molar-refractivity contribution in [3.8, 4) is 11.4 Å². The highest BCUT2D eigenvalue weighted by Crippen LogP contribution is 2.24. The third-order valence-electron chi connectivity index (χ3n) is 4.77. The zero-order chi connectivity index (χ0) is 17.9. The number of rotatable bonds is 4. The molecule has 0 saturated carbocycles. The number of aromatic nitrogens is 3. The van der Waals surface area contributed by atoms with Gasteiger partial charge in [-0.2, -0.15) is 4.98 Å². The molecule has 0 spiro atoms. The van der Waals surface area contributed by atoms with Crippen LogP contribution in [-0.4, -0.2) is 39.2 Å². The number of nitrogens with zero attached hydrogens (tertiary/aromatic N) is 4. The summed E-state index contributed by atoms with van der Waals surface area (Å²) in [4.78, 5) is 18.8. The molecule has 0 bridgehead atoms. The molecule has 0 aliphatic carbocycles. The number of amides is 1. The van der Waals surface area contributed by atoms with Crippen LogP contribution in [0.3, 0.4) is 0 Å². The zero-order valence-electron chi connectivity index (χ0n) is 14.6. The Kier molecular flexibility index (Phi) is 4.51.